The van der Waals surface area contributed by atoms with Crippen LogP contribution in [0.3, 0.4) is 0 Å². The topological polar surface area (TPSA) is 57.6 Å². The molecule has 0 atom stereocenters. The molecule has 0 bridgehead atoms. The molecule has 0 radical (unpaired) electrons. The van der Waals surface area contributed by atoms with Gasteiger partial charge in [-0.15, -0.1) is 0 Å². The normalized spacial score (nSPS) is 15.3. The van der Waals surface area contributed by atoms with E-state index in [2.05, 4.69) is 15.9 Å². The van der Waals surface area contributed by atoms with Gasteiger partial charge in [-0.05, 0) is 31.0 Å². The lowest BCUT2D eigenvalue weighted by atomic mass is 10.1. The van der Waals surface area contributed by atoms with Gasteiger partial charge < -0.3 is 10.0 Å². The Kier molecular flexibility index (Phi) is 4.75. The van der Waals surface area contributed by atoms with Gasteiger partial charge in [-0.3, -0.25) is 9.59 Å². The van der Waals surface area contributed by atoms with Crippen LogP contribution in [0, 0.1) is 5.82 Å². The fraction of sp³-hybridized carbons (Fsp3) is 0.429. The molecule has 1 aromatic rings. The second-order valence-corrected chi connectivity index (χ2v) is 5.84. The Labute approximate surface area is 124 Å². The van der Waals surface area contributed by atoms with E-state index >= 15 is 0 Å². The van der Waals surface area contributed by atoms with Gasteiger partial charge in [0, 0.05) is 16.1 Å². The maximum absolute atomic E-state index is 13.4. The first-order chi connectivity index (χ1) is 9.47. The highest BCUT2D eigenvalue weighted by molar-refractivity contribution is 9.10. The van der Waals surface area contributed by atoms with Gasteiger partial charge in [-0.25, -0.2) is 4.39 Å². The van der Waals surface area contributed by atoms with Gasteiger partial charge in [0.05, 0.1) is 0 Å². The van der Waals surface area contributed by atoms with Crippen molar-refractivity contribution in [3.8, 4) is 0 Å². The molecule has 1 saturated carbocycles. The summed E-state index contributed by atoms with van der Waals surface area (Å²) in [5.74, 6) is -2.01. The number of carboxylic acid groups (broad SMARTS) is 1. The summed E-state index contributed by atoms with van der Waals surface area (Å²) in [6.45, 7) is -0.350. The lowest BCUT2D eigenvalue weighted by Gasteiger charge is -2.27. The van der Waals surface area contributed by atoms with Crippen molar-refractivity contribution in [2.75, 3.05) is 6.54 Å². The zero-order valence-electron chi connectivity index (χ0n) is 10.8. The lowest BCUT2D eigenvalue weighted by Crippen LogP contribution is -2.42. The minimum absolute atomic E-state index is 0.0688. The molecule has 1 aliphatic carbocycles. The van der Waals surface area contributed by atoms with E-state index in [1.807, 2.05) is 0 Å². The van der Waals surface area contributed by atoms with Gasteiger partial charge in [0.2, 0.25) is 0 Å². The monoisotopic (exact) mass is 343 g/mol. The van der Waals surface area contributed by atoms with Crippen LogP contribution < -0.4 is 0 Å². The minimum Gasteiger partial charge on any atom is -0.480 e. The Morgan fingerprint density at radius 3 is 2.50 bits per heavy atom. The molecule has 6 heteroatoms. The number of aliphatic carboxylic acids is 1. The van der Waals surface area contributed by atoms with Gasteiger partial charge >= 0.3 is 5.97 Å². The summed E-state index contributed by atoms with van der Waals surface area (Å²) in [5.41, 5.74) is 0.171. The van der Waals surface area contributed by atoms with Crippen molar-refractivity contribution >= 4 is 27.8 Å². The second kappa shape index (κ2) is 6.35. The second-order valence-electron chi connectivity index (χ2n) is 4.92. The molecular weight excluding hydrogens is 329 g/mol. The van der Waals surface area contributed by atoms with Crippen molar-refractivity contribution < 1.29 is 19.1 Å². The van der Waals surface area contributed by atoms with Gasteiger partial charge in [-0.2, -0.15) is 0 Å². The SMILES string of the molecule is O=C(O)CN(C(=O)c1cc(F)cc(Br)c1)C1CCCC1. The number of carbonyl (C=O) groups is 2. The van der Waals surface area contributed by atoms with Crippen molar-refractivity contribution in [2.45, 2.75) is 31.7 Å². The van der Waals surface area contributed by atoms with E-state index in [0.717, 1.165) is 31.7 Å². The number of rotatable bonds is 4. The van der Waals surface area contributed by atoms with E-state index in [1.54, 1.807) is 0 Å². The Bertz CT molecular complexity index is 509. The number of hydrogen-bond donors (Lipinski definition) is 1. The fourth-order valence-corrected chi connectivity index (χ4v) is 3.04. The molecule has 1 N–H and O–H groups in total. The highest BCUT2D eigenvalue weighted by atomic mass is 79.9. The van der Waals surface area contributed by atoms with Gasteiger partial charge in [0.15, 0.2) is 0 Å². The van der Waals surface area contributed by atoms with E-state index < -0.39 is 17.7 Å². The largest absolute Gasteiger partial charge is 0.480 e. The number of benzene rings is 1. The zero-order chi connectivity index (χ0) is 14.7. The molecule has 0 aliphatic heterocycles. The Morgan fingerprint density at radius 1 is 1.30 bits per heavy atom. The third-order valence-electron chi connectivity index (χ3n) is 3.44. The number of amides is 1. The first-order valence-corrected chi connectivity index (χ1v) is 7.25. The first kappa shape index (κ1) is 15.0. The summed E-state index contributed by atoms with van der Waals surface area (Å²) in [6.07, 6.45) is 3.58. The van der Waals surface area contributed by atoms with Crippen LogP contribution in [0.1, 0.15) is 36.0 Å². The first-order valence-electron chi connectivity index (χ1n) is 6.46. The van der Waals surface area contributed by atoms with Crippen molar-refractivity contribution in [1.82, 2.24) is 4.90 Å². The Hall–Kier alpha value is -1.43. The van der Waals surface area contributed by atoms with Gasteiger partial charge in [-0.1, -0.05) is 28.8 Å². The van der Waals surface area contributed by atoms with Crippen LogP contribution in [-0.4, -0.2) is 34.5 Å². The number of nitrogens with zero attached hydrogens (tertiary/aromatic N) is 1. The number of halogens is 2. The Balaban J connectivity index is 2.26. The average Bonchev–Trinajstić information content (AvgIpc) is 2.87. The number of hydrogen-bond acceptors (Lipinski definition) is 2. The van der Waals surface area contributed by atoms with Gasteiger partial charge in [0.25, 0.3) is 5.91 Å². The minimum atomic E-state index is -1.05. The van der Waals surface area contributed by atoms with Crippen molar-refractivity contribution in [2.24, 2.45) is 0 Å². The molecule has 0 saturated heterocycles. The zero-order valence-corrected chi connectivity index (χ0v) is 12.4. The molecule has 4 nitrogen and oxygen atoms in total. The van der Waals surface area contributed by atoms with Crippen molar-refractivity contribution in [1.29, 1.82) is 0 Å². The van der Waals surface area contributed by atoms with Crippen LogP contribution in [0.15, 0.2) is 22.7 Å². The summed E-state index contributed by atoms with van der Waals surface area (Å²) in [4.78, 5) is 24.7. The van der Waals surface area contributed by atoms with E-state index in [1.165, 1.54) is 17.0 Å². The average molecular weight is 344 g/mol. The van der Waals surface area contributed by atoms with E-state index in [9.17, 15) is 14.0 Å². The molecule has 0 spiro atoms. The molecule has 108 valence electrons. The van der Waals surface area contributed by atoms with Crippen LogP contribution in [0.5, 0.6) is 0 Å². The quantitative estimate of drug-likeness (QED) is 0.913. The summed E-state index contributed by atoms with van der Waals surface area (Å²) in [7, 11) is 0. The predicted octanol–water partition coefficient (Wildman–Crippen LogP) is 3.06. The third kappa shape index (κ3) is 3.56. The van der Waals surface area contributed by atoms with E-state index in [4.69, 9.17) is 5.11 Å². The van der Waals surface area contributed by atoms with Crippen LogP contribution in [0.25, 0.3) is 0 Å². The lowest BCUT2D eigenvalue weighted by molar-refractivity contribution is -0.138. The summed E-state index contributed by atoms with van der Waals surface area (Å²) >= 11 is 3.14. The molecular formula is C14H15BrFNO3. The summed E-state index contributed by atoms with van der Waals surface area (Å²) in [5, 5.41) is 8.97. The predicted molar refractivity (Wildman–Crippen MR) is 75.0 cm³/mol. The highest BCUT2D eigenvalue weighted by Crippen LogP contribution is 2.25. The molecule has 1 amide bonds. The number of carboxylic acids is 1. The Morgan fingerprint density at radius 2 is 1.95 bits per heavy atom. The maximum atomic E-state index is 13.4. The maximum Gasteiger partial charge on any atom is 0.323 e. The number of carbonyl (C=O) groups excluding carboxylic acids is 1. The highest BCUT2D eigenvalue weighted by Gasteiger charge is 2.29. The fourth-order valence-electron chi connectivity index (χ4n) is 2.57. The summed E-state index contributed by atoms with van der Waals surface area (Å²) in [6, 6.07) is 3.83. The third-order valence-corrected chi connectivity index (χ3v) is 3.90. The molecule has 1 fully saturated rings. The van der Waals surface area contributed by atoms with E-state index in [0.29, 0.717) is 4.47 Å². The summed E-state index contributed by atoms with van der Waals surface area (Å²) < 4.78 is 13.8. The molecule has 0 unspecified atom stereocenters. The van der Waals surface area contributed by atoms with Crippen molar-refractivity contribution in [3.63, 3.8) is 0 Å². The van der Waals surface area contributed by atoms with Crippen LogP contribution in [0.2, 0.25) is 0 Å². The van der Waals surface area contributed by atoms with Crippen LogP contribution in [-0.2, 0) is 4.79 Å². The van der Waals surface area contributed by atoms with E-state index in [-0.39, 0.29) is 18.2 Å². The smallest absolute Gasteiger partial charge is 0.323 e. The molecule has 1 aromatic carbocycles. The molecule has 20 heavy (non-hydrogen) atoms. The van der Waals surface area contributed by atoms with Gasteiger partial charge in [0.1, 0.15) is 12.4 Å². The van der Waals surface area contributed by atoms with Crippen LogP contribution in [0.4, 0.5) is 4.39 Å². The molecule has 0 heterocycles. The van der Waals surface area contributed by atoms with Crippen LogP contribution >= 0.6 is 15.9 Å². The standard InChI is InChI=1S/C14H15BrFNO3/c15-10-5-9(6-11(16)7-10)14(20)17(8-13(18)19)12-3-1-2-4-12/h5-7,12H,1-4,8H2,(H,18,19). The molecule has 2 rings (SSSR count). The van der Waals surface area contributed by atoms with Crippen molar-refractivity contribution in [3.05, 3.63) is 34.1 Å². The molecule has 0 aromatic heterocycles. The molecule has 1 aliphatic rings.